The molecule has 1 N–H and O–H groups in total. The number of ether oxygens (including phenoxy) is 1. The number of likely N-dealkylation sites (tertiary alicyclic amines) is 1. The summed E-state index contributed by atoms with van der Waals surface area (Å²) in [7, 11) is -3.65. The van der Waals surface area contributed by atoms with E-state index in [2.05, 4.69) is 9.97 Å². The van der Waals surface area contributed by atoms with Crippen molar-refractivity contribution in [1.29, 1.82) is 0 Å². The van der Waals surface area contributed by atoms with Crippen LogP contribution < -0.4 is 4.74 Å². The zero-order chi connectivity index (χ0) is 20.0. The minimum absolute atomic E-state index is 0.115. The quantitative estimate of drug-likeness (QED) is 0.824. The molecule has 0 spiro atoms. The van der Waals surface area contributed by atoms with Crippen LogP contribution in [0.4, 0.5) is 0 Å². The molecule has 0 unspecified atom stereocenters. The number of rotatable bonds is 3. The first-order chi connectivity index (χ1) is 14.0. The summed E-state index contributed by atoms with van der Waals surface area (Å²) in [6.45, 7) is 1.52. The molecule has 29 heavy (non-hydrogen) atoms. The summed E-state index contributed by atoms with van der Waals surface area (Å²) in [4.78, 5) is 21.6. The average molecular weight is 417 g/mol. The number of amides is 1. The van der Waals surface area contributed by atoms with Gasteiger partial charge in [-0.3, -0.25) is 4.79 Å². The van der Waals surface area contributed by atoms with Crippen molar-refractivity contribution >= 4 is 15.9 Å². The number of benzene rings is 1. The molecule has 9 heteroatoms. The maximum absolute atomic E-state index is 13.5. The van der Waals surface area contributed by atoms with E-state index in [9.17, 15) is 13.2 Å². The van der Waals surface area contributed by atoms with Crippen LogP contribution in [-0.2, 0) is 10.0 Å². The van der Waals surface area contributed by atoms with Crippen molar-refractivity contribution in [2.24, 2.45) is 5.92 Å². The molecular formula is C20H24N4O4S. The number of carbonyl (C=O) groups excluding carboxylic acids is 1. The van der Waals surface area contributed by atoms with E-state index >= 15 is 0 Å². The smallest absolute Gasteiger partial charge is 0.271 e. The van der Waals surface area contributed by atoms with E-state index in [0.717, 1.165) is 12.8 Å². The Morgan fingerprint density at radius 2 is 1.97 bits per heavy atom. The highest BCUT2D eigenvalue weighted by Gasteiger charge is 2.45. The third-order valence-corrected chi connectivity index (χ3v) is 7.97. The fourth-order valence-corrected chi connectivity index (χ4v) is 6.17. The molecule has 1 aromatic carbocycles. The summed E-state index contributed by atoms with van der Waals surface area (Å²) >= 11 is 0. The number of aromatic amines is 1. The molecule has 1 saturated carbocycles. The molecule has 2 fully saturated rings. The van der Waals surface area contributed by atoms with Gasteiger partial charge >= 0.3 is 0 Å². The van der Waals surface area contributed by atoms with Crippen molar-refractivity contribution in [2.45, 2.75) is 42.7 Å². The van der Waals surface area contributed by atoms with Gasteiger partial charge in [0.25, 0.3) is 5.91 Å². The Bertz CT molecular complexity index is 1000. The number of nitrogens with zero attached hydrogens (tertiary/aromatic N) is 3. The van der Waals surface area contributed by atoms with E-state index in [1.807, 2.05) is 0 Å². The molecule has 1 amide bonds. The van der Waals surface area contributed by atoms with Crippen LogP contribution in [0.2, 0.25) is 0 Å². The van der Waals surface area contributed by atoms with Crippen molar-refractivity contribution in [1.82, 2.24) is 19.2 Å². The van der Waals surface area contributed by atoms with E-state index in [0.29, 0.717) is 49.8 Å². The number of sulfonamides is 1. The van der Waals surface area contributed by atoms with Crippen LogP contribution in [0.25, 0.3) is 0 Å². The van der Waals surface area contributed by atoms with E-state index in [4.69, 9.17) is 4.74 Å². The maximum atomic E-state index is 13.5. The Balaban J connectivity index is 1.47. The highest BCUT2D eigenvalue weighted by atomic mass is 32.2. The van der Waals surface area contributed by atoms with Crippen LogP contribution in [0.3, 0.4) is 0 Å². The summed E-state index contributed by atoms with van der Waals surface area (Å²) in [5.74, 6) is 0.715. The summed E-state index contributed by atoms with van der Waals surface area (Å²) in [5.41, 5.74) is 0.445. The molecule has 1 aromatic heterocycles. The molecule has 1 aliphatic carbocycles. The third-order valence-electron chi connectivity index (χ3n) is 6.04. The number of aromatic nitrogens is 2. The van der Waals surface area contributed by atoms with Gasteiger partial charge in [-0.25, -0.2) is 13.4 Å². The Hall–Kier alpha value is -2.39. The van der Waals surface area contributed by atoms with Gasteiger partial charge in [-0.15, -0.1) is 0 Å². The number of para-hydroxylation sites is 1. The van der Waals surface area contributed by atoms with E-state index in [1.165, 1.54) is 12.5 Å². The van der Waals surface area contributed by atoms with Gasteiger partial charge in [0, 0.05) is 26.1 Å². The molecule has 1 saturated heterocycles. The van der Waals surface area contributed by atoms with Crippen molar-refractivity contribution < 1.29 is 17.9 Å². The SMILES string of the molecule is O=C(c1cnc[nH]1)N1CC[C@@H]2[C@@H](CC1)Oc1ccccc1S(=O)(=O)N2CC1CC1. The minimum atomic E-state index is -3.65. The van der Waals surface area contributed by atoms with Gasteiger partial charge in [0.1, 0.15) is 22.4 Å². The van der Waals surface area contributed by atoms with Gasteiger partial charge in [-0.05, 0) is 37.3 Å². The Kier molecular flexibility index (Phi) is 4.59. The molecule has 3 heterocycles. The average Bonchev–Trinajstić information content (AvgIpc) is 3.43. The maximum Gasteiger partial charge on any atom is 0.271 e. The lowest BCUT2D eigenvalue weighted by atomic mass is 10.1. The molecule has 0 radical (unpaired) electrons. The number of imidazole rings is 1. The third kappa shape index (κ3) is 3.42. The number of hydrogen-bond donors (Lipinski definition) is 1. The predicted molar refractivity (Wildman–Crippen MR) is 105 cm³/mol. The summed E-state index contributed by atoms with van der Waals surface area (Å²) in [6, 6.07) is 6.60. The molecule has 8 nitrogen and oxygen atoms in total. The van der Waals surface area contributed by atoms with Crippen molar-refractivity contribution in [3.63, 3.8) is 0 Å². The van der Waals surface area contributed by atoms with Gasteiger partial charge in [-0.2, -0.15) is 4.31 Å². The molecule has 154 valence electrons. The highest BCUT2D eigenvalue weighted by Crippen LogP contribution is 2.39. The Labute approximate surface area is 169 Å². The van der Waals surface area contributed by atoms with E-state index in [1.54, 1.807) is 33.5 Å². The van der Waals surface area contributed by atoms with Crippen LogP contribution in [0, 0.1) is 5.92 Å². The monoisotopic (exact) mass is 416 g/mol. The summed E-state index contributed by atoms with van der Waals surface area (Å²) < 4.78 is 34.9. The lowest BCUT2D eigenvalue weighted by Crippen LogP contribution is -2.48. The fraction of sp³-hybridized carbons (Fsp3) is 0.500. The Morgan fingerprint density at radius 1 is 1.17 bits per heavy atom. The molecule has 0 bridgehead atoms. The second-order valence-corrected chi connectivity index (χ2v) is 9.88. The van der Waals surface area contributed by atoms with E-state index in [-0.39, 0.29) is 22.9 Å². The zero-order valence-electron chi connectivity index (χ0n) is 16.0. The molecular weight excluding hydrogens is 392 g/mol. The first-order valence-corrected chi connectivity index (χ1v) is 11.5. The van der Waals surface area contributed by atoms with Crippen molar-refractivity contribution in [3.05, 3.63) is 42.5 Å². The number of hydrogen-bond acceptors (Lipinski definition) is 5. The van der Waals surface area contributed by atoms with Gasteiger partial charge in [0.15, 0.2) is 0 Å². The van der Waals surface area contributed by atoms with Crippen molar-refractivity contribution in [3.8, 4) is 5.75 Å². The second-order valence-electron chi connectivity index (χ2n) is 8.02. The Morgan fingerprint density at radius 3 is 2.72 bits per heavy atom. The summed E-state index contributed by atoms with van der Waals surface area (Å²) in [5, 5.41) is 0. The molecule has 2 atom stereocenters. The number of carbonyl (C=O) groups is 1. The van der Waals surface area contributed by atoms with Gasteiger partial charge in [0.05, 0.1) is 18.6 Å². The molecule has 3 aliphatic rings. The van der Waals surface area contributed by atoms with Gasteiger partial charge < -0.3 is 14.6 Å². The van der Waals surface area contributed by atoms with Gasteiger partial charge in [-0.1, -0.05) is 12.1 Å². The topological polar surface area (TPSA) is 95.6 Å². The standard InChI is InChI=1S/C20H24N4O4S/c25-20(15-11-21-13-22-15)23-9-7-16-17(8-10-23)28-18-3-1-2-4-19(18)29(26,27)24(16)12-14-5-6-14/h1-4,11,13-14,16-17H,5-10,12H2,(H,21,22)/t16-,17-/m1/s1. The van der Waals surface area contributed by atoms with Crippen LogP contribution in [-0.4, -0.2) is 65.3 Å². The second kappa shape index (κ2) is 7.14. The fourth-order valence-electron chi connectivity index (χ4n) is 4.29. The zero-order valence-corrected chi connectivity index (χ0v) is 16.8. The molecule has 2 aliphatic heterocycles. The normalized spacial score (nSPS) is 26.6. The molecule has 2 aromatic rings. The highest BCUT2D eigenvalue weighted by molar-refractivity contribution is 7.89. The van der Waals surface area contributed by atoms with Gasteiger partial charge in [0.2, 0.25) is 10.0 Å². The lowest BCUT2D eigenvalue weighted by molar-refractivity contribution is 0.0750. The predicted octanol–water partition coefficient (Wildman–Crippen LogP) is 1.88. The first kappa shape index (κ1) is 18.6. The number of nitrogens with one attached hydrogen (secondary N) is 1. The minimum Gasteiger partial charge on any atom is -0.487 e. The van der Waals surface area contributed by atoms with Crippen LogP contribution in [0.15, 0.2) is 41.7 Å². The summed E-state index contributed by atoms with van der Waals surface area (Å²) in [6.07, 6.45) is 5.97. The number of H-pyrrole nitrogens is 1. The van der Waals surface area contributed by atoms with Crippen LogP contribution in [0.5, 0.6) is 5.75 Å². The first-order valence-electron chi connectivity index (χ1n) is 10.1. The van der Waals surface area contributed by atoms with Crippen molar-refractivity contribution in [2.75, 3.05) is 19.6 Å². The molecule has 5 rings (SSSR count). The lowest BCUT2D eigenvalue weighted by Gasteiger charge is -2.31. The number of fused-ring (bicyclic) bond motifs is 2. The largest absolute Gasteiger partial charge is 0.487 e. The van der Waals surface area contributed by atoms with E-state index < -0.39 is 10.0 Å². The van der Waals surface area contributed by atoms with Crippen LogP contribution in [0.1, 0.15) is 36.2 Å². The van der Waals surface area contributed by atoms with Crippen LogP contribution >= 0.6 is 0 Å².